The molecule has 0 saturated carbocycles. The highest BCUT2D eigenvalue weighted by molar-refractivity contribution is 9.10. The highest BCUT2D eigenvalue weighted by Gasteiger charge is 2.30. The molecule has 0 aliphatic rings. The molecule has 4 rings (SSSR count). The number of nitrogens with zero attached hydrogens (tertiary/aromatic N) is 2. The number of amides is 1. The van der Waals surface area contributed by atoms with Gasteiger partial charge in [0.15, 0.2) is 0 Å². The van der Waals surface area contributed by atoms with Crippen LogP contribution in [0.1, 0.15) is 21.5 Å². The molecule has 4 aromatic rings. The number of hydrogen-bond acceptors (Lipinski definition) is 5. The lowest BCUT2D eigenvalue weighted by molar-refractivity contribution is -0.137. The van der Waals surface area contributed by atoms with Crippen LogP contribution in [0, 0.1) is 6.92 Å². The molecule has 0 fully saturated rings. The molecule has 4 N–H and O–H groups in total. The lowest BCUT2D eigenvalue weighted by Crippen LogP contribution is -2.13. The van der Waals surface area contributed by atoms with Gasteiger partial charge in [-0.15, -0.1) is 0 Å². The molecule has 0 radical (unpaired) electrons. The Morgan fingerprint density at radius 3 is 2.61 bits per heavy atom. The van der Waals surface area contributed by atoms with Gasteiger partial charge < -0.3 is 16.2 Å². The number of fused-ring (bicyclic) bond motifs is 1. The van der Waals surface area contributed by atoms with E-state index in [4.69, 9.17) is 5.73 Å². The van der Waals surface area contributed by atoms with Crippen molar-refractivity contribution in [2.24, 2.45) is 0 Å². The zero-order valence-electron chi connectivity index (χ0n) is 17.0. The van der Waals surface area contributed by atoms with E-state index in [-0.39, 0.29) is 22.9 Å². The van der Waals surface area contributed by atoms with Gasteiger partial charge in [0.1, 0.15) is 5.75 Å². The van der Waals surface area contributed by atoms with Crippen LogP contribution in [0.2, 0.25) is 0 Å². The van der Waals surface area contributed by atoms with Gasteiger partial charge in [0, 0.05) is 28.4 Å². The monoisotopic (exact) mass is 516 g/mol. The first-order chi connectivity index (χ1) is 15.5. The van der Waals surface area contributed by atoms with Crippen LogP contribution in [0.4, 0.5) is 24.8 Å². The molecule has 1 heterocycles. The van der Waals surface area contributed by atoms with Crippen molar-refractivity contribution in [1.29, 1.82) is 0 Å². The first-order valence-electron chi connectivity index (χ1n) is 9.58. The van der Waals surface area contributed by atoms with Gasteiger partial charge in [-0.3, -0.25) is 4.79 Å². The van der Waals surface area contributed by atoms with Crippen molar-refractivity contribution in [1.82, 2.24) is 9.97 Å². The maximum Gasteiger partial charge on any atom is 0.416 e. The molecule has 3 aromatic carbocycles. The average molecular weight is 517 g/mol. The fourth-order valence-corrected chi connectivity index (χ4v) is 3.91. The minimum absolute atomic E-state index is 0.0167. The van der Waals surface area contributed by atoms with E-state index < -0.39 is 17.6 Å². The second-order valence-corrected chi connectivity index (χ2v) is 8.11. The summed E-state index contributed by atoms with van der Waals surface area (Å²) in [7, 11) is 0. The van der Waals surface area contributed by atoms with Gasteiger partial charge in [0.2, 0.25) is 5.95 Å². The minimum atomic E-state index is -4.52. The summed E-state index contributed by atoms with van der Waals surface area (Å²) in [6, 6.07) is 10.9. The van der Waals surface area contributed by atoms with Crippen LogP contribution in [0.25, 0.3) is 22.0 Å². The average Bonchev–Trinajstić information content (AvgIpc) is 2.76. The molecule has 0 spiro atoms. The Morgan fingerprint density at radius 2 is 1.88 bits per heavy atom. The quantitative estimate of drug-likeness (QED) is 0.313. The molecular formula is C23H16BrF3N4O2. The highest BCUT2D eigenvalue weighted by atomic mass is 79.9. The number of benzene rings is 3. The maximum atomic E-state index is 13.0. The Morgan fingerprint density at radius 1 is 1.12 bits per heavy atom. The Kier molecular flexibility index (Phi) is 5.71. The van der Waals surface area contributed by atoms with E-state index in [0.29, 0.717) is 26.5 Å². The lowest BCUT2D eigenvalue weighted by Gasteiger charge is -2.14. The van der Waals surface area contributed by atoms with Crippen molar-refractivity contribution < 1.29 is 23.1 Å². The van der Waals surface area contributed by atoms with Gasteiger partial charge in [-0.2, -0.15) is 13.2 Å². The topological polar surface area (TPSA) is 101 Å². The molecule has 1 aromatic heterocycles. The fourth-order valence-electron chi connectivity index (χ4n) is 3.38. The Bertz CT molecular complexity index is 1410. The number of rotatable bonds is 3. The standard InChI is InChI=1S/C23H16BrF3N4O2/c1-11-5-6-12(21(33)30-15-4-2-3-14(9-15)23(25,26)27)7-16(11)17-8-13-10-29-22(28)31-19(13)18(24)20(17)32/h2-10,32H,1H3,(H,30,33)(H2,28,29,31). The van der Waals surface area contributed by atoms with Crippen LogP contribution in [0.5, 0.6) is 5.75 Å². The molecule has 168 valence electrons. The van der Waals surface area contributed by atoms with Gasteiger partial charge >= 0.3 is 6.18 Å². The van der Waals surface area contributed by atoms with E-state index in [1.807, 2.05) is 0 Å². The second-order valence-electron chi connectivity index (χ2n) is 7.32. The van der Waals surface area contributed by atoms with Crippen molar-refractivity contribution in [3.63, 3.8) is 0 Å². The molecule has 6 nitrogen and oxygen atoms in total. The summed E-state index contributed by atoms with van der Waals surface area (Å²) in [4.78, 5) is 20.9. The molecular weight excluding hydrogens is 501 g/mol. The number of nitrogens with two attached hydrogens (primary N) is 1. The number of halogens is 4. The first-order valence-corrected chi connectivity index (χ1v) is 10.4. The van der Waals surface area contributed by atoms with E-state index in [1.54, 1.807) is 31.2 Å². The van der Waals surface area contributed by atoms with Gasteiger partial charge in [-0.1, -0.05) is 12.1 Å². The molecule has 10 heteroatoms. The zero-order chi connectivity index (χ0) is 23.9. The van der Waals surface area contributed by atoms with Crippen LogP contribution in [0.15, 0.2) is 59.2 Å². The predicted molar refractivity (Wildman–Crippen MR) is 123 cm³/mol. The molecule has 0 atom stereocenters. The highest BCUT2D eigenvalue weighted by Crippen LogP contribution is 2.41. The van der Waals surface area contributed by atoms with E-state index in [1.165, 1.54) is 18.3 Å². The second kappa shape index (κ2) is 8.36. The molecule has 33 heavy (non-hydrogen) atoms. The maximum absolute atomic E-state index is 13.0. The van der Waals surface area contributed by atoms with Crippen molar-refractivity contribution >= 4 is 44.4 Å². The molecule has 0 aliphatic carbocycles. The van der Waals surface area contributed by atoms with Crippen LogP contribution in [-0.2, 0) is 6.18 Å². The number of anilines is 2. The van der Waals surface area contributed by atoms with E-state index >= 15 is 0 Å². The number of nitrogens with one attached hydrogen (secondary N) is 1. The zero-order valence-corrected chi connectivity index (χ0v) is 18.6. The smallest absolute Gasteiger partial charge is 0.416 e. The number of carbonyl (C=O) groups excluding carboxylic acids is 1. The predicted octanol–water partition coefficient (Wildman–Crippen LogP) is 5.93. The van der Waals surface area contributed by atoms with Crippen molar-refractivity contribution in [3.8, 4) is 16.9 Å². The normalized spacial score (nSPS) is 11.5. The van der Waals surface area contributed by atoms with Crippen molar-refractivity contribution in [3.05, 3.63) is 75.9 Å². The minimum Gasteiger partial charge on any atom is -0.506 e. The Labute approximate surface area is 194 Å². The number of aromatic nitrogens is 2. The summed E-state index contributed by atoms with van der Waals surface area (Å²) in [5.74, 6) is -0.634. The Hall–Kier alpha value is -3.66. The Balaban J connectivity index is 1.73. The van der Waals surface area contributed by atoms with Gasteiger partial charge in [0.25, 0.3) is 5.91 Å². The SMILES string of the molecule is Cc1ccc(C(=O)Nc2cccc(C(F)(F)F)c2)cc1-c1cc2cnc(N)nc2c(Br)c1O. The van der Waals surface area contributed by atoms with E-state index in [9.17, 15) is 23.1 Å². The van der Waals surface area contributed by atoms with Crippen LogP contribution >= 0.6 is 15.9 Å². The molecule has 1 amide bonds. The van der Waals surface area contributed by atoms with Crippen molar-refractivity contribution in [2.45, 2.75) is 13.1 Å². The number of phenolic OH excluding ortho intramolecular Hbond substituents is 1. The lowest BCUT2D eigenvalue weighted by atomic mass is 9.96. The summed E-state index contributed by atoms with van der Waals surface area (Å²) in [6.07, 6.45) is -3.00. The van der Waals surface area contributed by atoms with Crippen molar-refractivity contribution in [2.75, 3.05) is 11.1 Å². The van der Waals surface area contributed by atoms with Crippen LogP contribution < -0.4 is 11.1 Å². The van der Waals surface area contributed by atoms with Gasteiger partial charge in [0.05, 0.1) is 15.6 Å². The number of hydrogen-bond donors (Lipinski definition) is 3. The molecule has 0 saturated heterocycles. The number of nitrogen functional groups attached to an aromatic ring is 1. The molecule has 0 bridgehead atoms. The molecule has 0 unspecified atom stereocenters. The molecule has 0 aliphatic heterocycles. The van der Waals surface area contributed by atoms with Gasteiger partial charge in [-0.05, 0) is 70.4 Å². The summed E-state index contributed by atoms with van der Waals surface area (Å²) in [5.41, 5.74) is 7.18. The number of phenols is 1. The first kappa shape index (κ1) is 22.5. The summed E-state index contributed by atoms with van der Waals surface area (Å²) in [6.45, 7) is 1.81. The van der Waals surface area contributed by atoms with Crippen LogP contribution in [-0.4, -0.2) is 21.0 Å². The number of aryl methyl sites for hydroxylation is 1. The summed E-state index contributed by atoms with van der Waals surface area (Å²) < 4.78 is 39.2. The number of aromatic hydroxyl groups is 1. The third-order valence-corrected chi connectivity index (χ3v) is 5.80. The van der Waals surface area contributed by atoms with E-state index in [0.717, 1.165) is 17.7 Å². The van der Waals surface area contributed by atoms with E-state index in [2.05, 4.69) is 31.2 Å². The number of carbonyl (C=O) groups is 1. The van der Waals surface area contributed by atoms with Gasteiger partial charge in [-0.25, -0.2) is 9.97 Å². The van der Waals surface area contributed by atoms with Crippen LogP contribution in [0.3, 0.4) is 0 Å². The third-order valence-electron chi connectivity index (χ3n) is 5.04. The number of alkyl halides is 3. The largest absolute Gasteiger partial charge is 0.506 e. The third kappa shape index (κ3) is 4.47. The fraction of sp³-hybridized carbons (Fsp3) is 0.0870. The summed E-state index contributed by atoms with van der Waals surface area (Å²) in [5, 5.41) is 13.9. The summed E-state index contributed by atoms with van der Waals surface area (Å²) >= 11 is 3.34.